The van der Waals surface area contributed by atoms with Crippen LogP contribution in [0.25, 0.3) is 0 Å². The molecule has 0 radical (unpaired) electrons. The molecular formula is C12H10O7. The van der Waals surface area contributed by atoms with E-state index < -0.39 is 46.1 Å². The second-order valence-corrected chi connectivity index (χ2v) is 3.87. The molecule has 1 aromatic carbocycles. The molecule has 2 rings (SSSR count). The number of Topliss-reactive ketones (excluding diaryl/α,β-unsaturated/α-hetero) is 3. The number of ketones is 3. The second-order valence-electron chi connectivity index (χ2n) is 3.87. The fourth-order valence-electron chi connectivity index (χ4n) is 1.97. The number of aromatic hydroxyl groups is 2. The highest BCUT2D eigenvalue weighted by atomic mass is 16.5. The molecule has 0 spiro atoms. The highest BCUT2D eigenvalue weighted by Gasteiger charge is 2.44. The Labute approximate surface area is 107 Å². The van der Waals surface area contributed by atoms with Crippen molar-refractivity contribution in [2.75, 3.05) is 14.2 Å². The fraction of sp³-hybridized carbons (Fsp3) is 0.250. The molecule has 1 unspecified atom stereocenters. The van der Waals surface area contributed by atoms with E-state index >= 15 is 0 Å². The van der Waals surface area contributed by atoms with Crippen molar-refractivity contribution in [3.63, 3.8) is 0 Å². The molecule has 1 aliphatic rings. The first-order chi connectivity index (χ1) is 8.93. The number of carbonyl (C=O) groups is 3. The number of hydrogen-bond donors (Lipinski definition) is 2. The van der Waals surface area contributed by atoms with Crippen LogP contribution in [0.1, 0.15) is 20.7 Å². The Morgan fingerprint density at radius 3 is 2.21 bits per heavy atom. The molecule has 0 fully saturated rings. The minimum atomic E-state index is -1.61. The number of benzene rings is 1. The van der Waals surface area contributed by atoms with Gasteiger partial charge < -0.3 is 19.7 Å². The smallest absolute Gasteiger partial charge is 0.240 e. The molecule has 7 heteroatoms. The van der Waals surface area contributed by atoms with E-state index in [4.69, 9.17) is 4.74 Å². The molecule has 0 saturated carbocycles. The van der Waals surface area contributed by atoms with Crippen LogP contribution in [0.3, 0.4) is 0 Å². The number of fused-ring (bicyclic) bond motifs is 1. The summed E-state index contributed by atoms with van der Waals surface area (Å²) in [6, 6.07) is 0.958. The van der Waals surface area contributed by atoms with Gasteiger partial charge in [-0.25, -0.2) is 0 Å². The van der Waals surface area contributed by atoms with Crippen molar-refractivity contribution >= 4 is 17.3 Å². The van der Waals surface area contributed by atoms with E-state index in [0.717, 1.165) is 13.2 Å². The first-order valence-corrected chi connectivity index (χ1v) is 5.22. The zero-order valence-corrected chi connectivity index (χ0v) is 10.1. The van der Waals surface area contributed by atoms with E-state index in [9.17, 15) is 24.6 Å². The number of rotatable bonds is 2. The van der Waals surface area contributed by atoms with Gasteiger partial charge in [0.25, 0.3) is 0 Å². The third-order valence-corrected chi connectivity index (χ3v) is 2.87. The van der Waals surface area contributed by atoms with Gasteiger partial charge in [-0.15, -0.1) is 0 Å². The minimum Gasteiger partial charge on any atom is -0.507 e. The van der Waals surface area contributed by atoms with Crippen LogP contribution in [0.4, 0.5) is 0 Å². The van der Waals surface area contributed by atoms with Gasteiger partial charge in [-0.2, -0.15) is 0 Å². The molecule has 7 nitrogen and oxygen atoms in total. The third kappa shape index (κ3) is 1.66. The SMILES string of the molecule is COc1cc(O)c2c(c1O)C(=O)C(OC)C(=O)C2=O. The van der Waals surface area contributed by atoms with Crippen molar-refractivity contribution in [1.82, 2.24) is 0 Å². The molecule has 0 aliphatic heterocycles. The Morgan fingerprint density at radius 2 is 1.68 bits per heavy atom. The van der Waals surface area contributed by atoms with Gasteiger partial charge in [0.2, 0.25) is 17.3 Å². The Bertz CT molecular complexity index is 603. The van der Waals surface area contributed by atoms with Crippen molar-refractivity contribution in [2.24, 2.45) is 0 Å². The van der Waals surface area contributed by atoms with Crippen molar-refractivity contribution in [1.29, 1.82) is 0 Å². The molecule has 1 aliphatic carbocycles. The van der Waals surface area contributed by atoms with Crippen LogP contribution in [-0.2, 0) is 9.53 Å². The van der Waals surface area contributed by atoms with Crippen molar-refractivity contribution < 1.29 is 34.1 Å². The average Bonchev–Trinajstić information content (AvgIpc) is 2.38. The molecule has 0 amide bonds. The van der Waals surface area contributed by atoms with Crippen LogP contribution in [0.15, 0.2) is 6.07 Å². The Kier molecular flexibility index (Phi) is 2.99. The monoisotopic (exact) mass is 266 g/mol. The van der Waals surface area contributed by atoms with Gasteiger partial charge in [0.1, 0.15) is 5.75 Å². The molecule has 100 valence electrons. The van der Waals surface area contributed by atoms with Crippen LogP contribution in [0, 0.1) is 0 Å². The van der Waals surface area contributed by atoms with Gasteiger partial charge in [0.05, 0.1) is 18.2 Å². The molecular weight excluding hydrogens is 256 g/mol. The highest BCUT2D eigenvalue weighted by Crippen LogP contribution is 2.41. The number of ether oxygens (including phenoxy) is 2. The summed E-state index contributed by atoms with van der Waals surface area (Å²) in [5, 5.41) is 19.6. The zero-order chi connectivity index (χ0) is 14.3. The van der Waals surface area contributed by atoms with E-state index in [1.165, 1.54) is 7.11 Å². The normalized spacial score (nSPS) is 18.4. The summed E-state index contributed by atoms with van der Waals surface area (Å²) in [5.74, 6) is -4.46. The third-order valence-electron chi connectivity index (χ3n) is 2.87. The maximum Gasteiger partial charge on any atom is 0.240 e. The van der Waals surface area contributed by atoms with Gasteiger partial charge in [0, 0.05) is 13.2 Å². The first-order valence-electron chi connectivity index (χ1n) is 5.22. The van der Waals surface area contributed by atoms with E-state index in [1.54, 1.807) is 0 Å². The summed E-state index contributed by atoms with van der Waals surface area (Å²) in [4.78, 5) is 35.5. The summed E-state index contributed by atoms with van der Waals surface area (Å²) in [6.07, 6.45) is -1.61. The Morgan fingerprint density at radius 1 is 1.05 bits per heavy atom. The van der Waals surface area contributed by atoms with Crippen LogP contribution < -0.4 is 4.74 Å². The molecule has 1 aromatic rings. The van der Waals surface area contributed by atoms with Gasteiger partial charge in [-0.1, -0.05) is 0 Å². The molecule has 0 heterocycles. The van der Waals surface area contributed by atoms with Crippen molar-refractivity contribution in [2.45, 2.75) is 6.10 Å². The predicted octanol–water partition coefficient (Wildman–Crippen LogP) is 0.0695. The second kappa shape index (κ2) is 4.36. The standard InChI is InChI=1S/C12H10O7/c1-18-5-3-4(13)6-7(8(5)14)10(16)12(19-2)11(17)9(6)15/h3,12-14H,1-2H3. The van der Waals surface area contributed by atoms with Gasteiger partial charge in [-0.3, -0.25) is 14.4 Å². The lowest BCUT2D eigenvalue weighted by atomic mass is 9.85. The minimum absolute atomic E-state index is 0.179. The summed E-state index contributed by atoms with van der Waals surface area (Å²) >= 11 is 0. The van der Waals surface area contributed by atoms with Crippen LogP contribution in [0.2, 0.25) is 0 Å². The summed E-state index contributed by atoms with van der Waals surface area (Å²) in [7, 11) is 2.31. The molecule has 0 bridgehead atoms. The number of carbonyl (C=O) groups excluding carboxylic acids is 3. The lowest BCUT2D eigenvalue weighted by molar-refractivity contribution is -0.122. The van der Waals surface area contributed by atoms with E-state index in [2.05, 4.69) is 4.74 Å². The number of phenolic OH excluding ortho intramolecular Hbond substituents is 2. The molecule has 0 aromatic heterocycles. The van der Waals surface area contributed by atoms with Gasteiger partial charge >= 0.3 is 0 Å². The van der Waals surface area contributed by atoms with E-state index in [1.807, 2.05) is 0 Å². The average molecular weight is 266 g/mol. The molecule has 2 N–H and O–H groups in total. The number of phenols is 2. The fourth-order valence-corrected chi connectivity index (χ4v) is 1.97. The summed E-state index contributed by atoms with van der Waals surface area (Å²) in [5.41, 5.74) is -0.991. The van der Waals surface area contributed by atoms with E-state index in [0.29, 0.717) is 0 Å². The number of hydrogen-bond acceptors (Lipinski definition) is 7. The highest BCUT2D eigenvalue weighted by molar-refractivity contribution is 6.54. The van der Waals surface area contributed by atoms with Crippen LogP contribution in [0.5, 0.6) is 17.2 Å². The summed E-state index contributed by atoms with van der Waals surface area (Å²) < 4.78 is 9.43. The van der Waals surface area contributed by atoms with Crippen molar-refractivity contribution in [3.8, 4) is 17.2 Å². The molecule has 1 atom stereocenters. The van der Waals surface area contributed by atoms with Crippen molar-refractivity contribution in [3.05, 3.63) is 17.2 Å². The Hall–Kier alpha value is -2.41. The van der Waals surface area contributed by atoms with Crippen LogP contribution >= 0.6 is 0 Å². The Balaban J connectivity index is 2.80. The first kappa shape index (κ1) is 13.0. The predicted molar refractivity (Wildman–Crippen MR) is 60.8 cm³/mol. The number of methoxy groups -OCH3 is 2. The summed E-state index contributed by atoms with van der Waals surface area (Å²) in [6.45, 7) is 0. The zero-order valence-electron chi connectivity index (χ0n) is 10.1. The van der Waals surface area contributed by atoms with Crippen LogP contribution in [-0.4, -0.2) is 47.9 Å². The van der Waals surface area contributed by atoms with Gasteiger partial charge in [-0.05, 0) is 0 Å². The quantitative estimate of drug-likeness (QED) is 0.442. The maximum atomic E-state index is 12.0. The molecule has 19 heavy (non-hydrogen) atoms. The largest absolute Gasteiger partial charge is 0.507 e. The topological polar surface area (TPSA) is 110 Å². The lowest BCUT2D eigenvalue weighted by Crippen LogP contribution is -2.42. The van der Waals surface area contributed by atoms with E-state index in [-0.39, 0.29) is 5.75 Å². The lowest BCUT2D eigenvalue weighted by Gasteiger charge is -2.22. The van der Waals surface area contributed by atoms with Gasteiger partial charge in [0.15, 0.2) is 17.6 Å². The maximum absolute atomic E-state index is 12.0. The molecule has 0 saturated heterocycles.